The highest BCUT2D eigenvalue weighted by Gasteiger charge is 2.19. The number of urea groups is 1. The zero-order valence-corrected chi connectivity index (χ0v) is 16.6. The second-order valence-electron chi connectivity index (χ2n) is 7.09. The fraction of sp³-hybridized carbons (Fsp3) is 0.364. The number of nitrogens with zero attached hydrogens (tertiary/aromatic N) is 1. The van der Waals surface area contributed by atoms with Crippen LogP contribution in [0.3, 0.4) is 0 Å². The number of amides is 3. The number of halogens is 2. The molecule has 0 bridgehead atoms. The highest BCUT2D eigenvalue weighted by molar-refractivity contribution is 5.94. The molecule has 0 aliphatic carbocycles. The summed E-state index contributed by atoms with van der Waals surface area (Å²) >= 11 is 0. The minimum Gasteiger partial charge on any atom is -0.488 e. The van der Waals surface area contributed by atoms with Crippen molar-refractivity contribution < 1.29 is 23.1 Å². The van der Waals surface area contributed by atoms with E-state index in [1.807, 2.05) is 17.0 Å². The molecule has 30 heavy (non-hydrogen) atoms. The smallest absolute Gasteiger partial charge is 0.315 e. The van der Waals surface area contributed by atoms with Gasteiger partial charge in [-0.2, -0.15) is 0 Å². The van der Waals surface area contributed by atoms with Crippen LogP contribution >= 0.6 is 0 Å². The third-order valence-electron chi connectivity index (χ3n) is 4.75. The zero-order chi connectivity index (χ0) is 21.3. The number of alkyl halides is 2. The molecule has 0 saturated carbocycles. The van der Waals surface area contributed by atoms with Crippen LogP contribution in [0.1, 0.15) is 34.3 Å². The summed E-state index contributed by atoms with van der Waals surface area (Å²) in [5, 5.41) is 5.47. The Balaban J connectivity index is 1.46. The number of likely N-dealkylation sites (tertiary alicyclic amines) is 1. The number of ether oxygens (including phenoxy) is 1. The third kappa shape index (κ3) is 6.43. The molecule has 2 aromatic carbocycles. The quantitative estimate of drug-likeness (QED) is 0.690. The van der Waals surface area contributed by atoms with Crippen LogP contribution in [0.2, 0.25) is 0 Å². The lowest BCUT2D eigenvalue weighted by molar-refractivity contribution is 0.0792. The van der Waals surface area contributed by atoms with Gasteiger partial charge in [-0.15, -0.1) is 0 Å². The van der Waals surface area contributed by atoms with E-state index < -0.39 is 13.0 Å². The van der Waals surface area contributed by atoms with E-state index in [9.17, 15) is 18.4 Å². The van der Waals surface area contributed by atoms with E-state index in [2.05, 4.69) is 10.6 Å². The van der Waals surface area contributed by atoms with Gasteiger partial charge in [0.1, 0.15) is 12.4 Å². The fourth-order valence-electron chi connectivity index (χ4n) is 3.25. The molecule has 160 valence electrons. The van der Waals surface area contributed by atoms with Gasteiger partial charge in [0.25, 0.3) is 12.3 Å². The molecule has 0 aromatic heterocycles. The number of nitrogens with one attached hydrogen (secondary N) is 2. The maximum Gasteiger partial charge on any atom is 0.315 e. The maximum absolute atomic E-state index is 12.5. The highest BCUT2D eigenvalue weighted by Crippen LogP contribution is 2.15. The summed E-state index contributed by atoms with van der Waals surface area (Å²) in [6.45, 7) is 1.42. The van der Waals surface area contributed by atoms with Gasteiger partial charge in [0.2, 0.25) is 0 Å². The summed E-state index contributed by atoms with van der Waals surface area (Å²) in [6, 6.07) is 13.5. The summed E-state index contributed by atoms with van der Waals surface area (Å²) in [7, 11) is 0. The Morgan fingerprint density at radius 1 is 0.967 bits per heavy atom. The van der Waals surface area contributed by atoms with E-state index >= 15 is 0 Å². The molecule has 1 aliphatic rings. The van der Waals surface area contributed by atoms with Crippen molar-refractivity contribution in [2.75, 3.05) is 19.7 Å². The summed E-state index contributed by atoms with van der Waals surface area (Å²) in [5.41, 5.74) is 2.19. The molecule has 1 fully saturated rings. The molecule has 0 spiro atoms. The monoisotopic (exact) mass is 417 g/mol. The van der Waals surface area contributed by atoms with Gasteiger partial charge in [0.05, 0.1) is 0 Å². The Bertz CT molecular complexity index is 870. The molecule has 0 unspecified atom stereocenters. The molecular formula is C22H25F2N3O3. The molecule has 1 aliphatic heterocycles. The standard InChI is InChI=1S/C22H25F2N3O3/c23-20(24)15-30-19-8-4-6-17(12-19)14-26-22(29)25-13-16-5-3-7-18(11-16)21(28)27-9-1-2-10-27/h3-8,11-12,20H,1-2,9-10,13-15H2,(H2,25,26,29). The normalized spacial score (nSPS) is 13.4. The van der Waals surface area contributed by atoms with Crippen LogP contribution in [0.15, 0.2) is 48.5 Å². The van der Waals surface area contributed by atoms with Crippen molar-refractivity contribution in [1.29, 1.82) is 0 Å². The Hall–Kier alpha value is -3.16. The van der Waals surface area contributed by atoms with Crippen LogP contribution in [-0.4, -0.2) is 43.0 Å². The van der Waals surface area contributed by atoms with Gasteiger partial charge < -0.3 is 20.3 Å². The molecule has 2 N–H and O–H groups in total. The van der Waals surface area contributed by atoms with Gasteiger partial charge in [0.15, 0.2) is 0 Å². The summed E-state index contributed by atoms with van der Waals surface area (Å²) in [4.78, 5) is 26.4. The molecule has 0 radical (unpaired) electrons. The van der Waals surface area contributed by atoms with Crippen LogP contribution in [0.5, 0.6) is 5.75 Å². The van der Waals surface area contributed by atoms with Crippen LogP contribution in [0.4, 0.5) is 13.6 Å². The fourth-order valence-corrected chi connectivity index (χ4v) is 3.25. The van der Waals surface area contributed by atoms with Crippen molar-refractivity contribution in [1.82, 2.24) is 15.5 Å². The summed E-state index contributed by atoms with van der Waals surface area (Å²) in [5.74, 6) is 0.349. The zero-order valence-electron chi connectivity index (χ0n) is 16.6. The van der Waals surface area contributed by atoms with Crippen molar-refractivity contribution in [3.05, 3.63) is 65.2 Å². The second-order valence-corrected chi connectivity index (χ2v) is 7.09. The lowest BCUT2D eigenvalue weighted by Gasteiger charge is -2.16. The van der Waals surface area contributed by atoms with Gasteiger partial charge in [-0.3, -0.25) is 4.79 Å². The summed E-state index contributed by atoms with van der Waals surface area (Å²) < 4.78 is 29.5. The van der Waals surface area contributed by atoms with Crippen molar-refractivity contribution in [3.63, 3.8) is 0 Å². The van der Waals surface area contributed by atoms with Crippen molar-refractivity contribution in [2.24, 2.45) is 0 Å². The second kappa shape index (κ2) is 10.6. The first kappa shape index (κ1) is 21.5. The number of carbonyl (C=O) groups excluding carboxylic acids is 2. The van der Waals surface area contributed by atoms with E-state index in [0.717, 1.165) is 37.1 Å². The van der Waals surface area contributed by atoms with Crippen molar-refractivity contribution >= 4 is 11.9 Å². The molecular weight excluding hydrogens is 392 g/mol. The third-order valence-corrected chi connectivity index (χ3v) is 4.75. The predicted octanol–water partition coefficient (Wildman–Crippen LogP) is 3.57. The topological polar surface area (TPSA) is 70.7 Å². The first-order chi connectivity index (χ1) is 14.5. The molecule has 3 amide bonds. The van der Waals surface area contributed by atoms with Gasteiger partial charge in [-0.1, -0.05) is 24.3 Å². The number of hydrogen-bond acceptors (Lipinski definition) is 3. The maximum atomic E-state index is 12.5. The highest BCUT2D eigenvalue weighted by atomic mass is 19.3. The lowest BCUT2D eigenvalue weighted by atomic mass is 10.1. The molecule has 3 rings (SSSR count). The first-order valence-electron chi connectivity index (χ1n) is 9.91. The van der Waals surface area contributed by atoms with Gasteiger partial charge in [-0.05, 0) is 48.2 Å². The van der Waals surface area contributed by atoms with E-state index in [4.69, 9.17) is 4.74 Å². The molecule has 2 aromatic rings. The molecule has 0 atom stereocenters. The number of rotatable bonds is 8. The van der Waals surface area contributed by atoms with Crippen LogP contribution in [-0.2, 0) is 13.1 Å². The first-order valence-corrected chi connectivity index (χ1v) is 9.91. The van der Waals surface area contributed by atoms with Gasteiger partial charge in [-0.25, -0.2) is 13.6 Å². The number of hydrogen-bond donors (Lipinski definition) is 2. The average molecular weight is 417 g/mol. The largest absolute Gasteiger partial charge is 0.488 e. The Morgan fingerprint density at radius 2 is 1.60 bits per heavy atom. The number of carbonyl (C=O) groups is 2. The molecule has 8 heteroatoms. The Morgan fingerprint density at radius 3 is 2.27 bits per heavy atom. The van der Waals surface area contributed by atoms with Crippen LogP contribution in [0, 0.1) is 0 Å². The van der Waals surface area contributed by atoms with Crippen LogP contribution in [0.25, 0.3) is 0 Å². The minimum absolute atomic E-state index is 0.0211. The lowest BCUT2D eigenvalue weighted by Crippen LogP contribution is -2.34. The van der Waals surface area contributed by atoms with E-state index in [0.29, 0.717) is 11.3 Å². The van der Waals surface area contributed by atoms with E-state index in [1.54, 1.807) is 36.4 Å². The SMILES string of the molecule is O=C(NCc1cccc(OCC(F)F)c1)NCc1cccc(C(=O)N2CCCC2)c1. The molecule has 1 saturated heterocycles. The molecule has 6 nitrogen and oxygen atoms in total. The Labute approximate surface area is 174 Å². The minimum atomic E-state index is -2.54. The van der Waals surface area contributed by atoms with Crippen molar-refractivity contribution in [2.45, 2.75) is 32.4 Å². The summed E-state index contributed by atoms with van der Waals surface area (Å²) in [6.07, 6.45) is -0.468. The van der Waals surface area contributed by atoms with E-state index in [1.165, 1.54) is 0 Å². The predicted molar refractivity (Wildman–Crippen MR) is 109 cm³/mol. The average Bonchev–Trinajstić information content (AvgIpc) is 3.30. The van der Waals surface area contributed by atoms with E-state index in [-0.39, 0.29) is 25.0 Å². The van der Waals surface area contributed by atoms with Gasteiger partial charge in [0, 0.05) is 31.7 Å². The van der Waals surface area contributed by atoms with Crippen molar-refractivity contribution in [3.8, 4) is 5.75 Å². The van der Waals surface area contributed by atoms with Gasteiger partial charge >= 0.3 is 6.03 Å². The van der Waals surface area contributed by atoms with Crippen LogP contribution < -0.4 is 15.4 Å². The molecule has 1 heterocycles. The number of benzene rings is 2. The Kier molecular flexibility index (Phi) is 7.59.